The van der Waals surface area contributed by atoms with Crippen LogP contribution in [-0.2, 0) is 6.54 Å². The molecule has 0 spiro atoms. The molecule has 0 aromatic heterocycles. The molecule has 116 valence electrons. The fourth-order valence-corrected chi connectivity index (χ4v) is 2.08. The Bertz CT molecular complexity index is 358. The van der Waals surface area contributed by atoms with Crippen LogP contribution in [0.4, 0.5) is 0 Å². The van der Waals surface area contributed by atoms with E-state index < -0.39 is 0 Å². The zero-order valence-electron chi connectivity index (χ0n) is 12.9. The van der Waals surface area contributed by atoms with Crippen LogP contribution in [0, 0.1) is 0 Å². The maximum atomic E-state index is 5.30. The van der Waals surface area contributed by atoms with Crippen molar-refractivity contribution in [1.82, 2.24) is 5.32 Å². The van der Waals surface area contributed by atoms with Gasteiger partial charge in [-0.15, -0.1) is 12.4 Å². The molecule has 0 aliphatic rings. The summed E-state index contributed by atoms with van der Waals surface area (Å²) in [5, 5.41) is 3.47. The number of halogens is 1. The van der Waals surface area contributed by atoms with Crippen LogP contribution in [0.25, 0.3) is 0 Å². The van der Waals surface area contributed by atoms with E-state index in [9.17, 15) is 0 Å². The van der Waals surface area contributed by atoms with E-state index in [-0.39, 0.29) is 12.4 Å². The number of ether oxygens (including phenoxy) is 2. The van der Waals surface area contributed by atoms with Crippen molar-refractivity contribution < 1.29 is 9.47 Å². The first kappa shape index (κ1) is 19.1. The van der Waals surface area contributed by atoms with Crippen molar-refractivity contribution in [3.8, 4) is 11.5 Å². The summed E-state index contributed by atoms with van der Waals surface area (Å²) in [5.41, 5.74) is 1.23. The van der Waals surface area contributed by atoms with Crippen molar-refractivity contribution >= 4 is 12.4 Å². The summed E-state index contributed by atoms with van der Waals surface area (Å²) in [5.74, 6) is 1.58. The van der Waals surface area contributed by atoms with Gasteiger partial charge < -0.3 is 14.8 Å². The topological polar surface area (TPSA) is 30.5 Å². The molecular weight excluding hydrogens is 274 g/mol. The highest BCUT2D eigenvalue weighted by atomic mass is 35.5. The van der Waals surface area contributed by atoms with Crippen molar-refractivity contribution in [2.45, 2.75) is 45.6 Å². The number of rotatable bonds is 10. The van der Waals surface area contributed by atoms with E-state index >= 15 is 0 Å². The van der Waals surface area contributed by atoms with Crippen molar-refractivity contribution in [3.05, 3.63) is 23.8 Å². The van der Waals surface area contributed by atoms with Gasteiger partial charge in [0, 0.05) is 6.54 Å². The fourth-order valence-electron chi connectivity index (χ4n) is 2.08. The van der Waals surface area contributed by atoms with Crippen LogP contribution in [0.5, 0.6) is 11.5 Å². The summed E-state index contributed by atoms with van der Waals surface area (Å²) in [6, 6.07) is 6.06. The van der Waals surface area contributed by atoms with Gasteiger partial charge in [0.1, 0.15) is 0 Å². The molecule has 4 heteroatoms. The van der Waals surface area contributed by atoms with Gasteiger partial charge in [0.05, 0.1) is 14.2 Å². The molecule has 1 aromatic rings. The summed E-state index contributed by atoms with van der Waals surface area (Å²) >= 11 is 0. The molecule has 0 fully saturated rings. The molecule has 20 heavy (non-hydrogen) atoms. The van der Waals surface area contributed by atoms with Gasteiger partial charge in [0.15, 0.2) is 11.5 Å². The monoisotopic (exact) mass is 301 g/mol. The Kier molecular flexibility index (Phi) is 11.3. The van der Waals surface area contributed by atoms with Crippen molar-refractivity contribution in [3.63, 3.8) is 0 Å². The van der Waals surface area contributed by atoms with Crippen LogP contribution in [-0.4, -0.2) is 20.8 Å². The minimum atomic E-state index is 0. The zero-order chi connectivity index (χ0) is 13.9. The fraction of sp³-hybridized carbons (Fsp3) is 0.625. The molecule has 0 aliphatic carbocycles. The molecule has 1 aromatic carbocycles. The average Bonchev–Trinajstić information content (AvgIpc) is 2.46. The molecular formula is C16H28ClNO2. The van der Waals surface area contributed by atoms with Gasteiger partial charge >= 0.3 is 0 Å². The molecule has 0 amide bonds. The summed E-state index contributed by atoms with van der Waals surface area (Å²) in [6.45, 7) is 4.21. The van der Waals surface area contributed by atoms with Gasteiger partial charge in [-0.25, -0.2) is 0 Å². The molecule has 0 aliphatic heterocycles. The molecule has 1 rings (SSSR count). The molecule has 0 atom stereocenters. The minimum absolute atomic E-state index is 0. The van der Waals surface area contributed by atoms with Crippen LogP contribution >= 0.6 is 12.4 Å². The van der Waals surface area contributed by atoms with Gasteiger partial charge in [-0.3, -0.25) is 0 Å². The van der Waals surface area contributed by atoms with E-state index in [1.807, 2.05) is 12.1 Å². The highest BCUT2D eigenvalue weighted by Gasteiger charge is 2.03. The number of hydrogen-bond acceptors (Lipinski definition) is 3. The second-order valence-corrected chi connectivity index (χ2v) is 4.78. The largest absolute Gasteiger partial charge is 0.493 e. The van der Waals surface area contributed by atoms with Gasteiger partial charge in [-0.1, -0.05) is 38.7 Å². The molecule has 0 saturated carbocycles. The number of nitrogens with one attached hydrogen (secondary N) is 1. The standard InChI is InChI=1S/C16H27NO2.ClH/c1-4-5-6-7-8-11-17-13-14-9-10-15(18-2)16(12-14)19-3;/h9-10,12,17H,4-8,11,13H2,1-3H3;1H. The van der Waals surface area contributed by atoms with Crippen molar-refractivity contribution in [1.29, 1.82) is 0 Å². The van der Waals surface area contributed by atoms with Crippen LogP contribution in [0.1, 0.15) is 44.6 Å². The van der Waals surface area contributed by atoms with Crippen LogP contribution in [0.3, 0.4) is 0 Å². The normalized spacial score (nSPS) is 9.95. The lowest BCUT2D eigenvalue weighted by atomic mass is 10.1. The third-order valence-electron chi connectivity index (χ3n) is 3.23. The summed E-state index contributed by atoms with van der Waals surface area (Å²) in [4.78, 5) is 0. The summed E-state index contributed by atoms with van der Waals surface area (Å²) < 4.78 is 10.5. The van der Waals surface area contributed by atoms with Gasteiger partial charge in [0.2, 0.25) is 0 Å². The highest BCUT2D eigenvalue weighted by Crippen LogP contribution is 2.27. The number of hydrogen-bond donors (Lipinski definition) is 1. The Morgan fingerprint density at radius 3 is 2.30 bits per heavy atom. The SMILES string of the molecule is CCCCCCCNCc1ccc(OC)c(OC)c1.Cl. The van der Waals surface area contributed by atoms with Gasteiger partial charge in [-0.05, 0) is 30.7 Å². The van der Waals surface area contributed by atoms with Gasteiger partial charge in [0.25, 0.3) is 0 Å². The number of unbranched alkanes of at least 4 members (excludes halogenated alkanes) is 4. The highest BCUT2D eigenvalue weighted by molar-refractivity contribution is 5.85. The molecule has 0 saturated heterocycles. The quantitative estimate of drug-likeness (QED) is 0.657. The van der Waals surface area contributed by atoms with Crippen LogP contribution in [0.2, 0.25) is 0 Å². The first-order chi connectivity index (χ1) is 9.31. The molecule has 1 N–H and O–H groups in total. The summed E-state index contributed by atoms with van der Waals surface area (Å²) in [6.07, 6.45) is 6.60. The van der Waals surface area contributed by atoms with E-state index in [0.29, 0.717) is 0 Å². The van der Waals surface area contributed by atoms with Crippen molar-refractivity contribution in [2.75, 3.05) is 20.8 Å². The maximum absolute atomic E-state index is 5.30. The first-order valence-corrected chi connectivity index (χ1v) is 7.23. The Balaban J connectivity index is 0.00000361. The van der Waals surface area contributed by atoms with Crippen molar-refractivity contribution in [2.24, 2.45) is 0 Å². The third-order valence-corrected chi connectivity index (χ3v) is 3.23. The van der Waals surface area contributed by atoms with E-state index in [4.69, 9.17) is 9.47 Å². The average molecular weight is 302 g/mol. The lowest BCUT2D eigenvalue weighted by Gasteiger charge is -2.10. The lowest BCUT2D eigenvalue weighted by molar-refractivity contribution is 0.354. The van der Waals surface area contributed by atoms with Gasteiger partial charge in [-0.2, -0.15) is 0 Å². The first-order valence-electron chi connectivity index (χ1n) is 7.23. The van der Waals surface area contributed by atoms with E-state index in [0.717, 1.165) is 24.6 Å². The number of benzene rings is 1. The lowest BCUT2D eigenvalue weighted by Crippen LogP contribution is -2.14. The number of methoxy groups -OCH3 is 2. The maximum Gasteiger partial charge on any atom is 0.161 e. The molecule has 0 bridgehead atoms. The predicted octanol–water partition coefficient (Wildman–Crippen LogP) is 4.19. The molecule has 3 nitrogen and oxygen atoms in total. The Morgan fingerprint density at radius 2 is 1.65 bits per heavy atom. The predicted molar refractivity (Wildman–Crippen MR) is 87.3 cm³/mol. The van der Waals surface area contributed by atoms with E-state index in [1.54, 1.807) is 14.2 Å². The zero-order valence-corrected chi connectivity index (χ0v) is 13.7. The molecule has 0 heterocycles. The Morgan fingerprint density at radius 1 is 0.950 bits per heavy atom. The van der Waals surface area contributed by atoms with Crippen LogP contribution in [0.15, 0.2) is 18.2 Å². The van der Waals surface area contributed by atoms with E-state index in [2.05, 4.69) is 18.3 Å². The Labute approximate surface area is 129 Å². The van der Waals surface area contributed by atoms with Crippen LogP contribution < -0.4 is 14.8 Å². The van der Waals surface area contributed by atoms with E-state index in [1.165, 1.54) is 37.7 Å². The second-order valence-electron chi connectivity index (χ2n) is 4.78. The molecule has 0 unspecified atom stereocenters. The minimum Gasteiger partial charge on any atom is -0.493 e. The smallest absolute Gasteiger partial charge is 0.161 e. The third kappa shape index (κ3) is 7.01. The summed E-state index contributed by atoms with van der Waals surface area (Å²) in [7, 11) is 3.33. The molecule has 0 radical (unpaired) electrons. The second kappa shape index (κ2) is 11.9. The Hall–Kier alpha value is -0.930.